The molecule has 6 nitrogen and oxygen atoms in total. The number of hydrogen-bond acceptors (Lipinski definition) is 4. The lowest BCUT2D eigenvalue weighted by Gasteiger charge is -2.19. The lowest BCUT2D eigenvalue weighted by atomic mass is 10.2. The zero-order chi connectivity index (χ0) is 17.1. The number of halogens is 1. The first kappa shape index (κ1) is 16.1. The minimum absolute atomic E-state index is 0.0107. The summed E-state index contributed by atoms with van der Waals surface area (Å²) in [5, 5.41) is 5.96. The highest BCUT2D eigenvalue weighted by molar-refractivity contribution is 6.30. The summed E-state index contributed by atoms with van der Waals surface area (Å²) in [6.45, 7) is 1.63. The van der Waals surface area contributed by atoms with E-state index in [-0.39, 0.29) is 18.4 Å². The second-order valence-electron chi connectivity index (χ2n) is 5.25. The first-order valence-electron chi connectivity index (χ1n) is 7.31. The maximum absolute atomic E-state index is 12.2. The first-order valence-corrected chi connectivity index (χ1v) is 7.69. The number of rotatable bonds is 4. The standard InChI is InChI=1S/C17H15ClN2O4/c1-10(24-13-4-2-3-11(18)7-13)17(22)19-12-5-6-15-14(8-12)20-16(21)9-23-15/h2-8,10H,9H2,1H3,(H,19,22)(H,20,21). The fourth-order valence-electron chi connectivity index (χ4n) is 2.20. The van der Waals surface area contributed by atoms with Crippen LogP contribution in [-0.4, -0.2) is 24.5 Å². The Kier molecular flexibility index (Phi) is 4.57. The summed E-state index contributed by atoms with van der Waals surface area (Å²) in [6.07, 6.45) is -0.717. The average Bonchev–Trinajstić information content (AvgIpc) is 2.54. The van der Waals surface area contributed by atoms with Gasteiger partial charge in [0.15, 0.2) is 12.7 Å². The minimum Gasteiger partial charge on any atom is -0.482 e. The summed E-state index contributed by atoms with van der Waals surface area (Å²) < 4.78 is 10.8. The Hall–Kier alpha value is -2.73. The van der Waals surface area contributed by atoms with Gasteiger partial charge in [-0.1, -0.05) is 17.7 Å². The van der Waals surface area contributed by atoms with Crippen molar-refractivity contribution < 1.29 is 19.1 Å². The molecule has 124 valence electrons. The highest BCUT2D eigenvalue weighted by atomic mass is 35.5. The number of carbonyl (C=O) groups excluding carboxylic acids is 2. The number of ether oxygens (including phenoxy) is 2. The summed E-state index contributed by atoms with van der Waals surface area (Å²) >= 11 is 5.89. The molecule has 7 heteroatoms. The van der Waals surface area contributed by atoms with E-state index in [0.29, 0.717) is 27.9 Å². The molecule has 1 aliphatic heterocycles. The molecule has 24 heavy (non-hydrogen) atoms. The van der Waals surface area contributed by atoms with Crippen molar-refractivity contribution in [3.8, 4) is 11.5 Å². The van der Waals surface area contributed by atoms with Gasteiger partial charge in [-0.05, 0) is 43.3 Å². The Balaban J connectivity index is 1.66. The van der Waals surface area contributed by atoms with Gasteiger partial charge in [-0.25, -0.2) is 0 Å². The van der Waals surface area contributed by atoms with Gasteiger partial charge in [0.05, 0.1) is 5.69 Å². The van der Waals surface area contributed by atoms with E-state index in [0.717, 1.165) is 0 Å². The number of anilines is 2. The Morgan fingerprint density at radius 2 is 2.17 bits per heavy atom. The molecule has 3 rings (SSSR count). The van der Waals surface area contributed by atoms with E-state index in [1.165, 1.54) is 0 Å². The molecular formula is C17H15ClN2O4. The lowest BCUT2D eigenvalue weighted by Crippen LogP contribution is -2.30. The molecule has 1 unspecified atom stereocenters. The van der Waals surface area contributed by atoms with Crippen molar-refractivity contribution in [2.75, 3.05) is 17.2 Å². The quantitative estimate of drug-likeness (QED) is 0.892. The highest BCUT2D eigenvalue weighted by Crippen LogP contribution is 2.30. The molecule has 0 saturated heterocycles. The number of amides is 2. The molecule has 2 aromatic carbocycles. The van der Waals surface area contributed by atoms with Crippen molar-refractivity contribution in [2.45, 2.75) is 13.0 Å². The van der Waals surface area contributed by atoms with Crippen molar-refractivity contribution in [3.05, 3.63) is 47.5 Å². The van der Waals surface area contributed by atoms with E-state index in [1.807, 2.05) is 0 Å². The Morgan fingerprint density at radius 1 is 1.33 bits per heavy atom. The molecule has 0 aliphatic carbocycles. The van der Waals surface area contributed by atoms with Gasteiger partial charge >= 0.3 is 0 Å². The van der Waals surface area contributed by atoms with E-state index in [4.69, 9.17) is 21.1 Å². The SMILES string of the molecule is CC(Oc1cccc(Cl)c1)C(=O)Nc1ccc2c(c1)NC(=O)CO2. The third-order valence-corrected chi connectivity index (χ3v) is 3.59. The van der Waals surface area contributed by atoms with E-state index < -0.39 is 6.10 Å². The van der Waals surface area contributed by atoms with Crippen molar-refractivity contribution in [2.24, 2.45) is 0 Å². The van der Waals surface area contributed by atoms with Crippen molar-refractivity contribution in [1.29, 1.82) is 0 Å². The number of fused-ring (bicyclic) bond motifs is 1. The van der Waals surface area contributed by atoms with Crippen molar-refractivity contribution in [1.82, 2.24) is 0 Å². The molecule has 1 atom stereocenters. The molecule has 0 fully saturated rings. The van der Waals surface area contributed by atoms with E-state index in [1.54, 1.807) is 49.4 Å². The summed E-state index contributed by atoms with van der Waals surface area (Å²) in [5.41, 5.74) is 1.05. The molecule has 0 spiro atoms. The number of carbonyl (C=O) groups is 2. The monoisotopic (exact) mass is 346 g/mol. The summed E-state index contributed by atoms with van der Waals surface area (Å²) in [7, 11) is 0. The van der Waals surface area contributed by atoms with Gasteiger partial charge in [-0.3, -0.25) is 9.59 Å². The van der Waals surface area contributed by atoms with Gasteiger partial charge in [-0.2, -0.15) is 0 Å². The minimum atomic E-state index is -0.717. The summed E-state index contributed by atoms with van der Waals surface area (Å²) in [4.78, 5) is 23.6. The van der Waals surface area contributed by atoms with Crippen LogP contribution < -0.4 is 20.1 Å². The maximum atomic E-state index is 12.2. The van der Waals surface area contributed by atoms with Gasteiger partial charge in [0.1, 0.15) is 11.5 Å². The van der Waals surface area contributed by atoms with E-state index in [9.17, 15) is 9.59 Å². The van der Waals surface area contributed by atoms with E-state index >= 15 is 0 Å². The van der Waals surface area contributed by atoms with Crippen LogP contribution in [0.25, 0.3) is 0 Å². The second-order valence-corrected chi connectivity index (χ2v) is 5.69. The molecule has 0 aromatic heterocycles. The zero-order valence-corrected chi connectivity index (χ0v) is 13.6. The summed E-state index contributed by atoms with van der Waals surface area (Å²) in [6, 6.07) is 11.8. The number of benzene rings is 2. The van der Waals surface area contributed by atoms with Gasteiger partial charge in [0, 0.05) is 10.7 Å². The smallest absolute Gasteiger partial charge is 0.265 e. The third-order valence-electron chi connectivity index (χ3n) is 3.36. The van der Waals surface area contributed by atoms with Crippen LogP contribution in [0.1, 0.15) is 6.92 Å². The van der Waals surface area contributed by atoms with Crippen molar-refractivity contribution >= 4 is 34.8 Å². The average molecular weight is 347 g/mol. The molecule has 0 bridgehead atoms. The Labute approximate surface area is 143 Å². The van der Waals surface area contributed by atoms with Crippen LogP contribution in [0.5, 0.6) is 11.5 Å². The van der Waals surface area contributed by atoms with Crippen LogP contribution >= 0.6 is 11.6 Å². The largest absolute Gasteiger partial charge is 0.482 e. The van der Waals surface area contributed by atoms with Crippen LogP contribution in [0.4, 0.5) is 11.4 Å². The molecule has 1 aliphatic rings. The highest BCUT2D eigenvalue weighted by Gasteiger charge is 2.18. The van der Waals surface area contributed by atoms with Crippen molar-refractivity contribution in [3.63, 3.8) is 0 Å². The van der Waals surface area contributed by atoms with Crippen LogP contribution in [0.15, 0.2) is 42.5 Å². The number of nitrogens with one attached hydrogen (secondary N) is 2. The van der Waals surface area contributed by atoms with Gasteiger partial charge in [-0.15, -0.1) is 0 Å². The number of hydrogen-bond donors (Lipinski definition) is 2. The van der Waals surface area contributed by atoms with Gasteiger partial charge in [0.25, 0.3) is 11.8 Å². The maximum Gasteiger partial charge on any atom is 0.265 e. The Bertz CT molecular complexity index is 794. The molecule has 0 saturated carbocycles. The first-order chi connectivity index (χ1) is 11.5. The van der Waals surface area contributed by atoms with Crippen LogP contribution in [-0.2, 0) is 9.59 Å². The molecule has 2 N–H and O–H groups in total. The van der Waals surface area contributed by atoms with Crippen LogP contribution in [0.3, 0.4) is 0 Å². The normalized spacial score (nSPS) is 14.0. The molecule has 0 radical (unpaired) electrons. The predicted molar refractivity (Wildman–Crippen MR) is 90.7 cm³/mol. The van der Waals surface area contributed by atoms with Gasteiger partial charge < -0.3 is 20.1 Å². The molecule has 2 amide bonds. The fraction of sp³-hybridized carbons (Fsp3) is 0.176. The molecule has 2 aromatic rings. The lowest BCUT2D eigenvalue weighted by molar-refractivity contribution is -0.122. The zero-order valence-electron chi connectivity index (χ0n) is 12.8. The third kappa shape index (κ3) is 3.78. The van der Waals surface area contributed by atoms with Crippen LogP contribution in [0.2, 0.25) is 5.02 Å². The van der Waals surface area contributed by atoms with Gasteiger partial charge in [0.2, 0.25) is 0 Å². The van der Waals surface area contributed by atoms with E-state index in [2.05, 4.69) is 10.6 Å². The molecule has 1 heterocycles. The predicted octanol–water partition coefficient (Wildman–Crippen LogP) is 3.08. The fourth-order valence-corrected chi connectivity index (χ4v) is 2.38. The van der Waals surface area contributed by atoms with Crippen LogP contribution in [0, 0.1) is 0 Å². The second kappa shape index (κ2) is 6.80. The summed E-state index contributed by atoms with van der Waals surface area (Å²) in [5.74, 6) is 0.522. The topological polar surface area (TPSA) is 76.7 Å². The molecular weight excluding hydrogens is 332 g/mol. The Morgan fingerprint density at radius 3 is 2.96 bits per heavy atom.